The van der Waals surface area contributed by atoms with E-state index in [0.29, 0.717) is 0 Å². The summed E-state index contributed by atoms with van der Waals surface area (Å²) in [7, 11) is 0. The molecule has 1 aromatic rings. The molecule has 0 aliphatic carbocycles. The minimum atomic E-state index is -1.23. The third kappa shape index (κ3) is 9.58. The summed E-state index contributed by atoms with van der Waals surface area (Å²) in [5, 5.41) is 25.7. The minimum Gasteiger partial charge on any atom is -0.480 e. The summed E-state index contributed by atoms with van der Waals surface area (Å²) >= 11 is 0. The van der Waals surface area contributed by atoms with Gasteiger partial charge in [-0.15, -0.1) is 0 Å². The Morgan fingerprint density at radius 2 is 1.52 bits per heavy atom. The van der Waals surface area contributed by atoms with E-state index in [4.69, 9.17) is 10.8 Å². The molecule has 0 aromatic heterocycles. The van der Waals surface area contributed by atoms with Crippen LogP contribution >= 0.6 is 0 Å². The van der Waals surface area contributed by atoms with Crippen LogP contribution in [0.4, 0.5) is 0 Å². The summed E-state index contributed by atoms with van der Waals surface area (Å²) in [4.78, 5) is 48.5. The van der Waals surface area contributed by atoms with Gasteiger partial charge in [0.15, 0.2) is 0 Å². The molecule has 0 fully saturated rings. The van der Waals surface area contributed by atoms with Crippen LogP contribution in [0.5, 0.6) is 0 Å². The number of aliphatic carboxylic acids is 1. The molecule has 0 radical (unpaired) electrons. The van der Waals surface area contributed by atoms with E-state index >= 15 is 0 Å². The first-order valence-corrected chi connectivity index (χ1v) is 10.1. The van der Waals surface area contributed by atoms with Gasteiger partial charge >= 0.3 is 5.97 Å². The molecule has 10 heteroatoms. The van der Waals surface area contributed by atoms with Crippen molar-refractivity contribution < 1.29 is 29.4 Å². The molecule has 0 aliphatic rings. The molecular formula is C21H32N4O6. The van der Waals surface area contributed by atoms with Gasteiger partial charge in [-0.25, -0.2) is 0 Å². The summed E-state index contributed by atoms with van der Waals surface area (Å²) in [5.41, 5.74) is 6.44. The lowest BCUT2D eigenvalue weighted by atomic mass is 10.0. The Labute approximate surface area is 181 Å². The highest BCUT2D eigenvalue weighted by atomic mass is 16.4. The number of carboxylic acid groups (broad SMARTS) is 1. The molecule has 172 valence electrons. The van der Waals surface area contributed by atoms with Crippen LogP contribution in [0.3, 0.4) is 0 Å². The molecule has 10 nitrogen and oxygen atoms in total. The number of nitrogens with two attached hydrogens (primary N) is 1. The van der Waals surface area contributed by atoms with E-state index in [-0.39, 0.29) is 18.8 Å². The SMILES string of the molecule is CC(C)CC(NC(=O)C(Cc1ccccc1)NC(=O)C(N)C(C)O)C(=O)NCC(=O)O. The average Bonchev–Trinajstić information content (AvgIpc) is 2.70. The number of benzene rings is 1. The van der Waals surface area contributed by atoms with Crippen LogP contribution in [0.1, 0.15) is 32.8 Å². The van der Waals surface area contributed by atoms with Crippen LogP contribution in [0.25, 0.3) is 0 Å². The first-order chi connectivity index (χ1) is 14.5. The number of nitrogens with one attached hydrogen (secondary N) is 3. The highest BCUT2D eigenvalue weighted by molar-refractivity contribution is 5.93. The standard InChI is InChI=1S/C21H32N4O6/c1-12(2)9-15(19(29)23-11-17(27)28)24-20(30)16(10-14-7-5-4-6-8-14)25-21(31)18(22)13(3)26/h4-8,12-13,15-16,18,26H,9-11,22H2,1-3H3,(H,23,29)(H,24,30)(H,25,31)(H,27,28). The number of aliphatic hydroxyl groups is 1. The van der Waals surface area contributed by atoms with Gasteiger partial charge in [0.05, 0.1) is 6.10 Å². The summed E-state index contributed by atoms with van der Waals surface area (Å²) in [6.45, 7) is 4.50. The molecule has 1 aromatic carbocycles. The number of carbonyl (C=O) groups is 4. The lowest BCUT2D eigenvalue weighted by molar-refractivity contribution is -0.138. The average molecular weight is 437 g/mol. The van der Waals surface area contributed by atoms with Crippen molar-refractivity contribution in [2.75, 3.05) is 6.54 Å². The summed E-state index contributed by atoms with van der Waals surface area (Å²) in [6.07, 6.45) is -0.706. The maximum atomic E-state index is 13.0. The molecule has 0 saturated heterocycles. The Kier molecular flexibility index (Phi) is 10.6. The second-order valence-corrected chi connectivity index (χ2v) is 7.82. The Morgan fingerprint density at radius 1 is 0.935 bits per heavy atom. The van der Waals surface area contributed by atoms with Gasteiger partial charge in [0.25, 0.3) is 0 Å². The van der Waals surface area contributed by atoms with E-state index in [1.807, 2.05) is 19.9 Å². The molecule has 31 heavy (non-hydrogen) atoms. The Balaban J connectivity index is 3.01. The maximum Gasteiger partial charge on any atom is 0.322 e. The molecule has 0 heterocycles. The molecule has 3 amide bonds. The van der Waals surface area contributed by atoms with E-state index < -0.39 is 54.5 Å². The van der Waals surface area contributed by atoms with Crippen molar-refractivity contribution in [1.29, 1.82) is 0 Å². The number of carboxylic acids is 1. The molecule has 4 unspecified atom stereocenters. The minimum absolute atomic E-state index is 0.0340. The fourth-order valence-electron chi connectivity index (χ4n) is 2.81. The van der Waals surface area contributed by atoms with Crippen molar-refractivity contribution in [3.05, 3.63) is 35.9 Å². The second kappa shape index (κ2) is 12.7. The quantitative estimate of drug-likeness (QED) is 0.248. The van der Waals surface area contributed by atoms with Gasteiger partial charge in [-0.3, -0.25) is 19.2 Å². The Bertz CT molecular complexity index is 753. The highest BCUT2D eigenvalue weighted by Gasteiger charge is 2.29. The number of amides is 3. The van der Waals surface area contributed by atoms with Crippen molar-refractivity contribution in [2.24, 2.45) is 11.7 Å². The van der Waals surface area contributed by atoms with Gasteiger partial charge in [-0.2, -0.15) is 0 Å². The van der Waals surface area contributed by atoms with Gasteiger partial charge in [0, 0.05) is 6.42 Å². The first-order valence-electron chi connectivity index (χ1n) is 10.1. The van der Waals surface area contributed by atoms with E-state index in [9.17, 15) is 24.3 Å². The highest BCUT2D eigenvalue weighted by Crippen LogP contribution is 2.08. The molecule has 0 bridgehead atoms. The van der Waals surface area contributed by atoms with Crippen molar-refractivity contribution in [3.8, 4) is 0 Å². The summed E-state index contributed by atoms with van der Waals surface area (Å²) in [5.74, 6) is -3.13. The molecular weight excluding hydrogens is 404 g/mol. The maximum absolute atomic E-state index is 13.0. The van der Waals surface area contributed by atoms with Gasteiger partial charge in [0.1, 0.15) is 24.7 Å². The van der Waals surface area contributed by atoms with Crippen LogP contribution in [-0.2, 0) is 25.6 Å². The van der Waals surface area contributed by atoms with Crippen LogP contribution in [0, 0.1) is 5.92 Å². The zero-order valence-electron chi connectivity index (χ0n) is 18.0. The number of rotatable bonds is 12. The van der Waals surface area contributed by atoms with Gasteiger partial charge in [0.2, 0.25) is 17.7 Å². The van der Waals surface area contributed by atoms with Gasteiger partial charge < -0.3 is 31.9 Å². The van der Waals surface area contributed by atoms with E-state index in [2.05, 4.69) is 16.0 Å². The topological polar surface area (TPSA) is 171 Å². The predicted molar refractivity (Wildman–Crippen MR) is 114 cm³/mol. The third-order valence-corrected chi connectivity index (χ3v) is 4.49. The van der Waals surface area contributed by atoms with Crippen LogP contribution < -0.4 is 21.7 Å². The fraction of sp³-hybridized carbons (Fsp3) is 0.524. The van der Waals surface area contributed by atoms with Crippen molar-refractivity contribution in [3.63, 3.8) is 0 Å². The van der Waals surface area contributed by atoms with Gasteiger partial charge in [-0.05, 0) is 24.8 Å². The fourth-order valence-corrected chi connectivity index (χ4v) is 2.81. The second-order valence-electron chi connectivity index (χ2n) is 7.82. The monoisotopic (exact) mass is 436 g/mol. The Morgan fingerprint density at radius 3 is 2.03 bits per heavy atom. The van der Waals surface area contributed by atoms with Crippen LogP contribution in [0.2, 0.25) is 0 Å². The zero-order valence-corrected chi connectivity index (χ0v) is 18.0. The third-order valence-electron chi connectivity index (χ3n) is 4.49. The van der Waals surface area contributed by atoms with Gasteiger partial charge in [-0.1, -0.05) is 44.2 Å². The van der Waals surface area contributed by atoms with E-state index in [1.165, 1.54) is 6.92 Å². The number of hydrogen-bond acceptors (Lipinski definition) is 6. The zero-order chi connectivity index (χ0) is 23.6. The first kappa shape index (κ1) is 26.1. The number of carbonyl (C=O) groups excluding carboxylic acids is 3. The summed E-state index contributed by atoms with van der Waals surface area (Å²) in [6, 6.07) is 5.69. The predicted octanol–water partition coefficient (Wildman–Crippen LogP) is -0.846. The van der Waals surface area contributed by atoms with Crippen molar-refractivity contribution in [1.82, 2.24) is 16.0 Å². The normalized spacial score (nSPS) is 14.8. The van der Waals surface area contributed by atoms with Crippen molar-refractivity contribution in [2.45, 2.75) is 57.8 Å². The Hall–Kier alpha value is -2.98. The molecule has 4 atom stereocenters. The molecule has 7 N–H and O–H groups in total. The number of aliphatic hydroxyl groups excluding tert-OH is 1. The van der Waals surface area contributed by atoms with Crippen molar-refractivity contribution >= 4 is 23.7 Å². The largest absolute Gasteiger partial charge is 0.480 e. The van der Waals surface area contributed by atoms with E-state index in [0.717, 1.165) is 5.56 Å². The lowest BCUT2D eigenvalue weighted by Crippen LogP contribution is -2.58. The van der Waals surface area contributed by atoms with Crippen LogP contribution in [0.15, 0.2) is 30.3 Å². The number of hydrogen-bond donors (Lipinski definition) is 6. The van der Waals surface area contributed by atoms with E-state index in [1.54, 1.807) is 24.3 Å². The van der Waals surface area contributed by atoms with Crippen LogP contribution in [-0.4, -0.2) is 64.7 Å². The molecule has 0 saturated carbocycles. The smallest absolute Gasteiger partial charge is 0.322 e. The molecule has 1 rings (SSSR count). The molecule has 0 aliphatic heterocycles. The summed E-state index contributed by atoms with van der Waals surface area (Å²) < 4.78 is 0. The molecule has 0 spiro atoms. The lowest BCUT2D eigenvalue weighted by Gasteiger charge is -2.25.